The molecule has 0 aromatic carbocycles. The molecule has 0 aliphatic heterocycles. The summed E-state index contributed by atoms with van der Waals surface area (Å²) in [4.78, 5) is 1.66. The van der Waals surface area contributed by atoms with Gasteiger partial charge in [0.15, 0.2) is 0 Å². The highest BCUT2D eigenvalue weighted by Gasteiger charge is 2.29. The van der Waals surface area contributed by atoms with Crippen molar-refractivity contribution in [2.75, 3.05) is 6.54 Å². The topological polar surface area (TPSA) is 12.0 Å². The Morgan fingerprint density at radius 2 is 2.20 bits per heavy atom. The highest BCUT2D eigenvalue weighted by molar-refractivity contribution is 7.10. The van der Waals surface area contributed by atoms with Crippen molar-refractivity contribution in [2.24, 2.45) is 5.92 Å². The summed E-state index contributed by atoms with van der Waals surface area (Å²) < 4.78 is 0. The van der Waals surface area contributed by atoms with E-state index in [9.17, 15) is 0 Å². The van der Waals surface area contributed by atoms with Crippen LogP contribution in [0.25, 0.3) is 0 Å². The van der Waals surface area contributed by atoms with Gasteiger partial charge in [-0.05, 0) is 61.6 Å². The van der Waals surface area contributed by atoms with E-state index in [1.807, 2.05) is 11.3 Å². The largest absolute Gasteiger partial charge is 0.313 e. The molecule has 0 spiro atoms. The zero-order valence-corrected chi connectivity index (χ0v) is 14.3. The predicted octanol–water partition coefficient (Wildman–Crippen LogP) is 5.36. The number of thiophene rings is 1. The van der Waals surface area contributed by atoms with Crippen LogP contribution in [0.4, 0.5) is 0 Å². The van der Waals surface area contributed by atoms with Crippen LogP contribution in [0.15, 0.2) is 11.4 Å². The Morgan fingerprint density at radius 3 is 2.95 bits per heavy atom. The fourth-order valence-electron chi connectivity index (χ4n) is 3.70. The molecule has 2 heteroatoms. The average molecular weight is 294 g/mol. The van der Waals surface area contributed by atoms with E-state index < -0.39 is 0 Å². The van der Waals surface area contributed by atoms with Crippen molar-refractivity contribution in [1.82, 2.24) is 5.32 Å². The van der Waals surface area contributed by atoms with E-state index in [0.29, 0.717) is 6.04 Å². The van der Waals surface area contributed by atoms with Crippen LogP contribution in [0.3, 0.4) is 0 Å². The third-order valence-corrected chi connectivity index (χ3v) is 5.67. The Bertz CT molecular complexity index is 385. The van der Waals surface area contributed by atoms with Gasteiger partial charge in [0.05, 0.1) is 0 Å². The lowest BCUT2D eigenvalue weighted by molar-refractivity contribution is 0.321. The summed E-state index contributed by atoms with van der Waals surface area (Å²) in [5.74, 6) is 1.61. The van der Waals surface area contributed by atoms with Gasteiger partial charge in [-0.25, -0.2) is 0 Å². The van der Waals surface area contributed by atoms with Crippen LogP contribution in [0.2, 0.25) is 0 Å². The molecule has 3 unspecified atom stereocenters. The van der Waals surface area contributed by atoms with Crippen molar-refractivity contribution in [3.8, 4) is 0 Å². The molecular formula is C18H31NS. The molecule has 0 fully saturated rings. The van der Waals surface area contributed by atoms with Crippen LogP contribution in [-0.2, 0) is 6.42 Å². The van der Waals surface area contributed by atoms with Gasteiger partial charge in [0.2, 0.25) is 0 Å². The minimum absolute atomic E-state index is 0.685. The molecule has 20 heavy (non-hydrogen) atoms. The summed E-state index contributed by atoms with van der Waals surface area (Å²) in [7, 11) is 0. The van der Waals surface area contributed by atoms with E-state index in [1.165, 1.54) is 51.5 Å². The van der Waals surface area contributed by atoms with E-state index in [2.05, 4.69) is 37.5 Å². The van der Waals surface area contributed by atoms with E-state index in [4.69, 9.17) is 0 Å². The first-order valence-corrected chi connectivity index (χ1v) is 9.43. The molecule has 0 bridgehead atoms. The summed E-state index contributed by atoms with van der Waals surface area (Å²) in [5.41, 5.74) is 1.67. The van der Waals surface area contributed by atoms with Gasteiger partial charge in [-0.15, -0.1) is 11.3 Å². The van der Waals surface area contributed by atoms with Gasteiger partial charge in [0.1, 0.15) is 0 Å². The Labute approximate surface area is 129 Å². The minimum atomic E-state index is 0.685. The van der Waals surface area contributed by atoms with Crippen molar-refractivity contribution in [1.29, 1.82) is 0 Å². The quantitative estimate of drug-likeness (QED) is 0.680. The fourth-order valence-corrected chi connectivity index (χ4v) is 4.70. The summed E-state index contributed by atoms with van der Waals surface area (Å²) in [6, 6.07) is 3.08. The molecule has 2 rings (SSSR count). The van der Waals surface area contributed by atoms with Crippen molar-refractivity contribution < 1.29 is 0 Å². The number of rotatable bonds is 8. The zero-order valence-electron chi connectivity index (χ0n) is 13.5. The fraction of sp³-hybridized carbons (Fsp3) is 0.778. The molecule has 1 aliphatic rings. The smallest absolute Gasteiger partial charge is 0.0139 e. The Morgan fingerprint density at radius 1 is 1.35 bits per heavy atom. The van der Waals surface area contributed by atoms with Gasteiger partial charge in [0, 0.05) is 16.8 Å². The number of fused-ring (bicyclic) bond motifs is 1. The zero-order chi connectivity index (χ0) is 14.4. The van der Waals surface area contributed by atoms with Crippen LogP contribution in [-0.4, -0.2) is 12.6 Å². The van der Waals surface area contributed by atoms with Gasteiger partial charge in [-0.1, -0.05) is 33.6 Å². The van der Waals surface area contributed by atoms with Crippen LogP contribution in [0.1, 0.15) is 75.7 Å². The molecule has 1 heterocycles. The Hall–Kier alpha value is -0.340. The summed E-state index contributed by atoms with van der Waals surface area (Å²) in [6.07, 6.45) is 9.34. The molecule has 3 atom stereocenters. The van der Waals surface area contributed by atoms with Crippen molar-refractivity contribution in [3.05, 3.63) is 21.9 Å². The van der Waals surface area contributed by atoms with Gasteiger partial charge < -0.3 is 5.32 Å². The highest BCUT2D eigenvalue weighted by Crippen LogP contribution is 2.38. The average Bonchev–Trinajstić information content (AvgIpc) is 2.92. The normalized spacial score (nSPS) is 21.4. The second kappa shape index (κ2) is 8.19. The van der Waals surface area contributed by atoms with E-state index in [-0.39, 0.29) is 0 Å². The van der Waals surface area contributed by atoms with E-state index in [0.717, 1.165) is 11.8 Å². The second-order valence-electron chi connectivity index (χ2n) is 6.49. The first-order valence-electron chi connectivity index (χ1n) is 8.55. The van der Waals surface area contributed by atoms with E-state index in [1.54, 1.807) is 10.4 Å². The highest BCUT2D eigenvalue weighted by atomic mass is 32.1. The van der Waals surface area contributed by atoms with Crippen LogP contribution in [0, 0.1) is 5.92 Å². The standard InChI is InChI=1S/C18H31NS/c1-4-7-14(3)13-17(19-11-5-2)15-8-6-9-18-16(15)10-12-20-18/h10,12,14-15,17,19H,4-9,11,13H2,1-3H3. The molecule has 1 nitrogen and oxygen atoms in total. The molecule has 1 aromatic rings. The van der Waals surface area contributed by atoms with Crippen LogP contribution < -0.4 is 5.32 Å². The first kappa shape index (κ1) is 16.0. The molecule has 0 radical (unpaired) electrons. The monoisotopic (exact) mass is 293 g/mol. The van der Waals surface area contributed by atoms with Gasteiger partial charge in [-0.3, -0.25) is 0 Å². The lowest BCUT2D eigenvalue weighted by atomic mass is 9.79. The molecule has 1 aliphatic carbocycles. The first-order chi connectivity index (χ1) is 9.76. The van der Waals surface area contributed by atoms with Crippen molar-refractivity contribution >= 4 is 11.3 Å². The lowest BCUT2D eigenvalue weighted by Gasteiger charge is -2.33. The predicted molar refractivity (Wildman–Crippen MR) is 90.8 cm³/mol. The third-order valence-electron chi connectivity index (χ3n) is 4.68. The van der Waals surface area contributed by atoms with Crippen molar-refractivity contribution in [3.63, 3.8) is 0 Å². The second-order valence-corrected chi connectivity index (χ2v) is 7.49. The number of aryl methyl sites for hydroxylation is 1. The Balaban J connectivity index is 2.06. The number of hydrogen-bond donors (Lipinski definition) is 1. The third kappa shape index (κ3) is 4.08. The molecule has 1 aromatic heterocycles. The molecule has 1 N–H and O–H groups in total. The summed E-state index contributed by atoms with van der Waals surface area (Å²) >= 11 is 1.97. The molecule has 114 valence electrons. The molecule has 0 saturated heterocycles. The summed E-state index contributed by atoms with van der Waals surface area (Å²) in [6.45, 7) is 8.18. The van der Waals surface area contributed by atoms with Crippen LogP contribution in [0.5, 0.6) is 0 Å². The molecular weight excluding hydrogens is 262 g/mol. The maximum Gasteiger partial charge on any atom is 0.0139 e. The van der Waals surface area contributed by atoms with Gasteiger partial charge in [-0.2, -0.15) is 0 Å². The maximum atomic E-state index is 3.86. The van der Waals surface area contributed by atoms with E-state index >= 15 is 0 Å². The van der Waals surface area contributed by atoms with Gasteiger partial charge >= 0.3 is 0 Å². The SMILES string of the molecule is CCCNC(CC(C)CCC)C1CCCc2sccc21. The lowest BCUT2D eigenvalue weighted by Crippen LogP contribution is -2.38. The minimum Gasteiger partial charge on any atom is -0.313 e. The van der Waals surface area contributed by atoms with Crippen molar-refractivity contribution in [2.45, 2.75) is 77.7 Å². The number of hydrogen-bond acceptors (Lipinski definition) is 2. The summed E-state index contributed by atoms with van der Waals surface area (Å²) in [5, 5.41) is 6.16. The maximum absolute atomic E-state index is 3.86. The van der Waals surface area contributed by atoms with Crippen LogP contribution >= 0.6 is 11.3 Å². The van der Waals surface area contributed by atoms with Gasteiger partial charge in [0.25, 0.3) is 0 Å². The number of nitrogens with one attached hydrogen (secondary N) is 1. The Kier molecular flexibility index (Phi) is 6.57. The molecule has 0 saturated carbocycles. The molecule has 0 amide bonds.